The summed E-state index contributed by atoms with van der Waals surface area (Å²) >= 11 is 0. The summed E-state index contributed by atoms with van der Waals surface area (Å²) < 4.78 is 73.2. The van der Waals surface area contributed by atoms with Crippen LogP contribution in [-0.2, 0) is 20.9 Å². The van der Waals surface area contributed by atoms with Gasteiger partial charge in [0.05, 0.1) is 11.5 Å². The molecule has 13 heteroatoms. The molecule has 2 atom stereocenters. The molecule has 0 amide bonds. The molecule has 1 saturated heterocycles. The minimum Gasteiger partial charge on any atom is -0.471 e. The molecule has 1 fully saturated rings. The van der Waals surface area contributed by atoms with Crippen molar-refractivity contribution in [3.05, 3.63) is 36.0 Å². The fraction of sp³-hybridized carbons (Fsp3) is 0.412. The summed E-state index contributed by atoms with van der Waals surface area (Å²) in [6, 6.07) is 5.16. The zero-order chi connectivity index (χ0) is 21.9. The number of sulfonamides is 1. The van der Waals surface area contributed by atoms with Gasteiger partial charge in [0.25, 0.3) is 0 Å². The minimum absolute atomic E-state index is 0.0569. The Hall–Kier alpha value is -2.48. The first kappa shape index (κ1) is 22.2. The van der Waals surface area contributed by atoms with Crippen molar-refractivity contribution in [2.24, 2.45) is 5.14 Å². The van der Waals surface area contributed by atoms with Crippen LogP contribution in [0.5, 0.6) is 5.88 Å². The summed E-state index contributed by atoms with van der Waals surface area (Å²) in [6.07, 6.45) is -5.42. The molecule has 1 aliphatic rings. The van der Waals surface area contributed by atoms with E-state index in [1.807, 2.05) is 0 Å². The van der Waals surface area contributed by atoms with Crippen LogP contribution in [0, 0.1) is 0 Å². The maximum absolute atomic E-state index is 13.4. The van der Waals surface area contributed by atoms with E-state index < -0.39 is 39.9 Å². The summed E-state index contributed by atoms with van der Waals surface area (Å²) in [7, 11) is -3.88. The molecule has 0 unspecified atom stereocenters. The lowest BCUT2D eigenvalue weighted by molar-refractivity contribution is -0.140. The average molecular weight is 448 g/mol. The molecule has 0 radical (unpaired) electrons. The van der Waals surface area contributed by atoms with Gasteiger partial charge in [0, 0.05) is 18.5 Å². The van der Waals surface area contributed by atoms with Gasteiger partial charge in [0.15, 0.2) is 0 Å². The van der Waals surface area contributed by atoms with Crippen molar-refractivity contribution in [1.82, 2.24) is 9.97 Å². The highest BCUT2D eigenvalue weighted by atomic mass is 32.2. The van der Waals surface area contributed by atoms with E-state index in [0.717, 1.165) is 0 Å². The number of aliphatic hydroxyl groups excluding tert-OH is 1. The van der Waals surface area contributed by atoms with E-state index in [9.17, 15) is 26.7 Å². The van der Waals surface area contributed by atoms with Gasteiger partial charge in [-0.15, -0.1) is 0 Å². The maximum atomic E-state index is 13.4. The third kappa shape index (κ3) is 5.56. The molecule has 2 aromatic rings. The van der Waals surface area contributed by atoms with Gasteiger partial charge in [-0.3, -0.25) is 0 Å². The predicted molar refractivity (Wildman–Crippen MR) is 98.6 cm³/mol. The van der Waals surface area contributed by atoms with Crippen LogP contribution >= 0.6 is 0 Å². The lowest BCUT2D eigenvalue weighted by Crippen LogP contribution is -2.34. The molecule has 1 aliphatic heterocycles. The number of aliphatic hydroxyl groups is 1. The molecule has 0 aliphatic carbocycles. The number of ether oxygens (including phenoxy) is 2. The third-order valence-electron chi connectivity index (χ3n) is 4.26. The Bertz CT molecular complexity index is 986. The van der Waals surface area contributed by atoms with Gasteiger partial charge in [-0.25, -0.2) is 18.5 Å². The number of nitrogens with zero attached hydrogens (tertiary/aromatic N) is 2. The third-order valence-corrected chi connectivity index (χ3v) is 5.19. The van der Waals surface area contributed by atoms with Crippen LogP contribution in [0.1, 0.15) is 18.4 Å². The number of hydrogen-bond acceptors (Lipinski definition) is 8. The normalized spacial score (nSPS) is 20.4. The van der Waals surface area contributed by atoms with E-state index in [1.54, 1.807) is 0 Å². The Morgan fingerprint density at radius 3 is 2.60 bits per heavy atom. The van der Waals surface area contributed by atoms with E-state index in [0.29, 0.717) is 31.3 Å². The fourth-order valence-electron chi connectivity index (χ4n) is 2.74. The topological polar surface area (TPSA) is 137 Å². The number of hydrogen-bond donors (Lipinski definition) is 3. The van der Waals surface area contributed by atoms with E-state index in [2.05, 4.69) is 15.3 Å². The molecule has 2 heterocycles. The predicted octanol–water partition coefficient (Wildman–Crippen LogP) is 1.81. The second-order valence-corrected chi connectivity index (χ2v) is 8.11. The second-order valence-electron chi connectivity index (χ2n) is 6.55. The number of primary sulfonamides is 1. The number of benzene rings is 1. The van der Waals surface area contributed by atoms with Crippen molar-refractivity contribution in [3.8, 4) is 5.88 Å². The summed E-state index contributed by atoms with van der Waals surface area (Å²) in [4.78, 5) is 7.33. The molecule has 164 valence electrons. The van der Waals surface area contributed by atoms with Gasteiger partial charge in [-0.05, 0) is 37.1 Å². The van der Waals surface area contributed by atoms with E-state index in [-0.39, 0.29) is 17.5 Å². The smallest absolute Gasteiger partial charge is 0.423 e. The number of aromatic nitrogens is 2. The van der Waals surface area contributed by atoms with Gasteiger partial charge in [0.2, 0.25) is 21.9 Å². The average Bonchev–Trinajstić information content (AvgIpc) is 2.85. The standard InChI is InChI=1S/C17H19F3N4O5S/c18-17(19,20)12-8-22-16(23-10-3-5-11(6-4-10)30(21,26)27)24-15(12)29-14-2-1-7-28-9-13(14)25/h3-6,8,13-14,25H,1-2,7,9H2,(H2,21,26,27)(H,22,23,24)/t13-,14-/m0/s1. The number of nitrogens with one attached hydrogen (secondary N) is 1. The molecule has 0 saturated carbocycles. The van der Waals surface area contributed by atoms with E-state index in [4.69, 9.17) is 14.6 Å². The number of anilines is 2. The number of halogens is 3. The van der Waals surface area contributed by atoms with E-state index in [1.165, 1.54) is 24.3 Å². The summed E-state index contributed by atoms with van der Waals surface area (Å²) in [5.41, 5.74) is -0.869. The van der Waals surface area contributed by atoms with Crippen LogP contribution in [0.15, 0.2) is 35.4 Å². The van der Waals surface area contributed by atoms with Crippen LogP contribution in [0.2, 0.25) is 0 Å². The Morgan fingerprint density at radius 1 is 1.27 bits per heavy atom. The largest absolute Gasteiger partial charge is 0.471 e. The fourth-order valence-corrected chi connectivity index (χ4v) is 3.25. The first-order valence-electron chi connectivity index (χ1n) is 8.80. The molecule has 4 N–H and O–H groups in total. The van der Waals surface area contributed by atoms with Crippen molar-refractivity contribution >= 4 is 21.7 Å². The number of nitrogens with two attached hydrogens (primary N) is 1. The zero-order valence-corrected chi connectivity index (χ0v) is 16.3. The summed E-state index contributed by atoms with van der Waals surface area (Å²) in [5.74, 6) is -0.937. The van der Waals surface area contributed by atoms with Crippen molar-refractivity contribution in [1.29, 1.82) is 0 Å². The highest BCUT2D eigenvalue weighted by molar-refractivity contribution is 7.89. The monoisotopic (exact) mass is 448 g/mol. The second kappa shape index (κ2) is 8.71. The van der Waals surface area contributed by atoms with Crippen molar-refractivity contribution < 1.29 is 36.2 Å². The maximum Gasteiger partial charge on any atom is 0.423 e. The SMILES string of the molecule is NS(=O)(=O)c1ccc(Nc2ncc(C(F)(F)F)c(O[C@H]3CCCOC[C@@H]3O)n2)cc1. The Morgan fingerprint density at radius 2 is 1.97 bits per heavy atom. The lowest BCUT2D eigenvalue weighted by Gasteiger charge is -2.23. The molecular formula is C17H19F3N4O5S. The lowest BCUT2D eigenvalue weighted by atomic mass is 10.1. The molecule has 1 aromatic heterocycles. The van der Waals surface area contributed by atoms with Crippen LogP contribution < -0.4 is 15.2 Å². The van der Waals surface area contributed by atoms with Gasteiger partial charge in [-0.1, -0.05) is 0 Å². The molecule has 0 spiro atoms. The first-order chi connectivity index (χ1) is 14.0. The first-order valence-corrected chi connectivity index (χ1v) is 10.4. The van der Waals surface area contributed by atoms with Crippen molar-refractivity contribution in [3.63, 3.8) is 0 Å². The van der Waals surface area contributed by atoms with Crippen molar-refractivity contribution in [2.45, 2.75) is 36.1 Å². The zero-order valence-electron chi connectivity index (χ0n) is 15.5. The Kier molecular flexibility index (Phi) is 6.45. The quantitative estimate of drug-likeness (QED) is 0.630. The minimum atomic E-state index is -4.77. The van der Waals surface area contributed by atoms with Crippen LogP contribution in [0.4, 0.5) is 24.8 Å². The number of alkyl halides is 3. The molecule has 1 aromatic carbocycles. The van der Waals surface area contributed by atoms with Crippen LogP contribution in [0.25, 0.3) is 0 Å². The van der Waals surface area contributed by atoms with Gasteiger partial charge in [-0.2, -0.15) is 18.2 Å². The Labute approximate surface area is 170 Å². The van der Waals surface area contributed by atoms with Gasteiger partial charge in [0.1, 0.15) is 17.8 Å². The highest BCUT2D eigenvalue weighted by Crippen LogP contribution is 2.36. The summed E-state index contributed by atoms with van der Waals surface area (Å²) in [5, 5.41) is 17.7. The highest BCUT2D eigenvalue weighted by Gasteiger charge is 2.38. The van der Waals surface area contributed by atoms with Gasteiger partial charge < -0.3 is 19.9 Å². The number of rotatable bonds is 5. The molecule has 9 nitrogen and oxygen atoms in total. The molecule has 30 heavy (non-hydrogen) atoms. The van der Waals surface area contributed by atoms with Crippen LogP contribution in [-0.4, -0.2) is 48.9 Å². The Balaban J connectivity index is 1.86. The van der Waals surface area contributed by atoms with Crippen molar-refractivity contribution in [2.75, 3.05) is 18.5 Å². The van der Waals surface area contributed by atoms with Crippen LogP contribution in [0.3, 0.4) is 0 Å². The van der Waals surface area contributed by atoms with E-state index >= 15 is 0 Å². The van der Waals surface area contributed by atoms with Gasteiger partial charge >= 0.3 is 6.18 Å². The molecule has 3 rings (SSSR count). The molecule has 0 bridgehead atoms. The molecular weight excluding hydrogens is 429 g/mol. The summed E-state index contributed by atoms with van der Waals surface area (Å²) in [6.45, 7) is 0.312.